The molecule has 1 saturated heterocycles. The Morgan fingerprint density at radius 2 is 1.67 bits per heavy atom. The van der Waals surface area contributed by atoms with E-state index in [1.165, 1.54) is 23.2 Å². The third kappa shape index (κ3) is 4.13. The van der Waals surface area contributed by atoms with Crippen molar-refractivity contribution < 1.29 is 14.4 Å². The minimum Gasteiger partial charge on any atom is -0.374 e. The number of hydrogen-bond acceptors (Lipinski definition) is 5. The summed E-state index contributed by atoms with van der Waals surface area (Å²) in [4.78, 5) is 43.8. The molecule has 2 aromatic carbocycles. The van der Waals surface area contributed by atoms with Crippen LogP contribution in [-0.4, -0.2) is 67.3 Å². The predicted octanol–water partition coefficient (Wildman–Crippen LogP) is 2.62. The Hall–Kier alpha value is -3.19. The van der Waals surface area contributed by atoms with Crippen molar-refractivity contribution >= 4 is 23.4 Å². The van der Waals surface area contributed by atoms with Crippen molar-refractivity contribution in [3.05, 3.63) is 64.7 Å². The first-order valence-electron chi connectivity index (χ1n) is 11.8. The highest BCUT2D eigenvalue weighted by Crippen LogP contribution is 2.32. The van der Waals surface area contributed by atoms with E-state index in [9.17, 15) is 14.4 Å². The molecule has 1 atom stereocenters. The predicted molar refractivity (Wildman–Crippen MR) is 126 cm³/mol. The van der Waals surface area contributed by atoms with Gasteiger partial charge in [-0.15, -0.1) is 0 Å². The van der Waals surface area contributed by atoms with Crippen LogP contribution in [0.5, 0.6) is 0 Å². The zero-order valence-corrected chi connectivity index (χ0v) is 19.0. The molecule has 0 aromatic heterocycles. The lowest BCUT2D eigenvalue weighted by Gasteiger charge is -2.35. The van der Waals surface area contributed by atoms with Crippen molar-refractivity contribution in [2.75, 3.05) is 44.7 Å². The number of carbonyl (C=O) groups excluding carboxylic acids is 3. The highest BCUT2D eigenvalue weighted by molar-refractivity contribution is 6.22. The summed E-state index contributed by atoms with van der Waals surface area (Å²) in [6, 6.07) is 13.4. The van der Waals surface area contributed by atoms with Crippen molar-refractivity contribution in [3.8, 4) is 0 Å². The number of nitrogens with one attached hydrogen (secondary N) is 1. The van der Waals surface area contributed by atoms with E-state index in [2.05, 4.69) is 40.4 Å². The molecular weight excluding hydrogens is 416 g/mol. The number of rotatable bonds is 6. The molecule has 1 unspecified atom stereocenters. The lowest BCUT2D eigenvalue weighted by molar-refractivity contribution is -0.121. The number of benzene rings is 2. The number of amides is 3. The Kier molecular flexibility index (Phi) is 5.89. The molecule has 33 heavy (non-hydrogen) atoms. The number of likely N-dealkylation sites (N-methyl/N-ethyl adjacent to an activating group) is 1. The molecule has 0 spiro atoms. The van der Waals surface area contributed by atoms with Crippen molar-refractivity contribution in [3.63, 3.8) is 0 Å². The van der Waals surface area contributed by atoms with Gasteiger partial charge in [0.1, 0.15) is 6.54 Å². The van der Waals surface area contributed by atoms with Gasteiger partial charge in [-0.05, 0) is 61.7 Å². The topological polar surface area (TPSA) is 73.0 Å². The van der Waals surface area contributed by atoms with E-state index < -0.39 is 11.8 Å². The molecule has 1 N–H and O–H groups in total. The number of hydrogen-bond donors (Lipinski definition) is 1. The Bertz CT molecular complexity index is 1060. The summed E-state index contributed by atoms with van der Waals surface area (Å²) in [6.07, 6.45) is 4.60. The van der Waals surface area contributed by atoms with Gasteiger partial charge < -0.3 is 10.2 Å². The Morgan fingerprint density at radius 1 is 0.970 bits per heavy atom. The van der Waals surface area contributed by atoms with Crippen molar-refractivity contribution in [2.24, 2.45) is 0 Å². The van der Waals surface area contributed by atoms with Crippen LogP contribution in [0.25, 0.3) is 0 Å². The average molecular weight is 447 g/mol. The lowest BCUT2D eigenvalue weighted by Crippen LogP contribution is -2.44. The van der Waals surface area contributed by atoms with Gasteiger partial charge in [-0.3, -0.25) is 24.2 Å². The summed E-state index contributed by atoms with van der Waals surface area (Å²) in [5.41, 5.74) is 4.58. The maximum atomic E-state index is 12.8. The second-order valence-corrected chi connectivity index (χ2v) is 9.22. The van der Waals surface area contributed by atoms with Gasteiger partial charge in [0.05, 0.1) is 17.2 Å². The SMILES string of the molecule is CN1CCc2cc(C(CNC(=O)CN3C(=O)c4ccccc4C3=O)N3CCCCC3)ccc21. The number of imide groups is 1. The van der Waals surface area contributed by atoms with Gasteiger partial charge in [-0.25, -0.2) is 0 Å². The number of nitrogens with zero attached hydrogens (tertiary/aromatic N) is 3. The van der Waals surface area contributed by atoms with Crippen molar-refractivity contribution in [1.29, 1.82) is 0 Å². The molecule has 7 nitrogen and oxygen atoms in total. The molecule has 0 aliphatic carbocycles. The van der Waals surface area contributed by atoms with Crippen LogP contribution >= 0.6 is 0 Å². The van der Waals surface area contributed by atoms with Gasteiger partial charge in [0.2, 0.25) is 5.91 Å². The van der Waals surface area contributed by atoms with Crippen LogP contribution in [0.1, 0.15) is 57.1 Å². The van der Waals surface area contributed by atoms with Gasteiger partial charge in [0.15, 0.2) is 0 Å². The average Bonchev–Trinajstić information content (AvgIpc) is 3.33. The summed E-state index contributed by atoms with van der Waals surface area (Å²) in [6.45, 7) is 3.25. The number of fused-ring (bicyclic) bond motifs is 2. The smallest absolute Gasteiger partial charge is 0.262 e. The second kappa shape index (κ2) is 8.98. The maximum absolute atomic E-state index is 12.8. The number of likely N-dealkylation sites (tertiary alicyclic amines) is 1. The summed E-state index contributed by atoms with van der Waals surface area (Å²) >= 11 is 0. The monoisotopic (exact) mass is 446 g/mol. The number of carbonyl (C=O) groups is 3. The molecule has 5 rings (SSSR count). The molecule has 7 heteroatoms. The molecule has 0 bridgehead atoms. The minimum atomic E-state index is -0.402. The van der Waals surface area contributed by atoms with Gasteiger partial charge in [-0.2, -0.15) is 0 Å². The van der Waals surface area contributed by atoms with Gasteiger partial charge in [0, 0.05) is 25.8 Å². The van der Waals surface area contributed by atoms with Crippen molar-refractivity contribution in [1.82, 2.24) is 15.1 Å². The van der Waals surface area contributed by atoms with Crippen LogP contribution in [0.15, 0.2) is 42.5 Å². The second-order valence-electron chi connectivity index (χ2n) is 9.22. The molecule has 3 aliphatic rings. The van der Waals surface area contributed by atoms with E-state index in [1.807, 2.05) is 0 Å². The summed E-state index contributed by atoms with van der Waals surface area (Å²) < 4.78 is 0. The van der Waals surface area contributed by atoms with E-state index >= 15 is 0 Å². The number of anilines is 1. The van der Waals surface area contributed by atoms with Crippen LogP contribution in [-0.2, 0) is 11.2 Å². The highest BCUT2D eigenvalue weighted by atomic mass is 16.2. The first kappa shape index (κ1) is 21.6. The zero-order valence-electron chi connectivity index (χ0n) is 19.0. The molecule has 1 fully saturated rings. The third-order valence-electron chi connectivity index (χ3n) is 7.12. The first-order chi connectivity index (χ1) is 16.0. The van der Waals surface area contributed by atoms with E-state index in [-0.39, 0.29) is 18.5 Å². The van der Waals surface area contributed by atoms with Crippen LogP contribution in [0.3, 0.4) is 0 Å². The minimum absolute atomic E-state index is 0.0765. The molecule has 172 valence electrons. The normalized spacial score (nSPS) is 18.9. The molecule has 3 amide bonds. The summed E-state index contributed by atoms with van der Waals surface area (Å²) in [5, 5.41) is 3.01. The Labute approximate surface area is 194 Å². The lowest BCUT2D eigenvalue weighted by atomic mass is 9.98. The quantitative estimate of drug-likeness (QED) is 0.691. The van der Waals surface area contributed by atoms with Crippen LogP contribution in [0.4, 0.5) is 5.69 Å². The maximum Gasteiger partial charge on any atom is 0.262 e. The first-order valence-corrected chi connectivity index (χ1v) is 11.8. The number of piperidine rings is 1. The van der Waals surface area contributed by atoms with Crippen LogP contribution in [0.2, 0.25) is 0 Å². The van der Waals surface area contributed by atoms with Gasteiger partial charge in [0.25, 0.3) is 11.8 Å². The summed E-state index contributed by atoms with van der Waals surface area (Å²) in [5.74, 6) is -1.12. The standard InChI is InChI=1S/C26H30N4O3/c1-28-14-11-19-15-18(9-10-22(19)28)23(29-12-5-2-6-13-29)16-27-24(31)17-30-25(32)20-7-3-4-8-21(20)26(30)33/h3-4,7-10,15,23H,2,5-6,11-14,16-17H2,1H3,(H,27,31). The fourth-order valence-electron chi connectivity index (χ4n) is 5.27. The largest absolute Gasteiger partial charge is 0.374 e. The third-order valence-corrected chi connectivity index (χ3v) is 7.12. The van der Waals surface area contributed by atoms with Crippen LogP contribution < -0.4 is 10.2 Å². The Balaban J connectivity index is 1.28. The molecule has 2 aromatic rings. The van der Waals surface area contributed by atoms with E-state index in [0.29, 0.717) is 17.7 Å². The molecule has 0 radical (unpaired) electrons. The molecule has 3 heterocycles. The zero-order chi connectivity index (χ0) is 22.9. The van der Waals surface area contributed by atoms with Crippen molar-refractivity contribution in [2.45, 2.75) is 31.7 Å². The fourth-order valence-corrected chi connectivity index (χ4v) is 5.27. The molecule has 0 saturated carbocycles. The van der Waals surface area contributed by atoms with E-state index in [0.717, 1.165) is 43.8 Å². The van der Waals surface area contributed by atoms with Crippen LogP contribution in [0, 0.1) is 0 Å². The molecule has 3 aliphatic heterocycles. The van der Waals surface area contributed by atoms with E-state index in [1.54, 1.807) is 24.3 Å². The van der Waals surface area contributed by atoms with E-state index in [4.69, 9.17) is 0 Å². The highest BCUT2D eigenvalue weighted by Gasteiger charge is 2.36. The van der Waals surface area contributed by atoms with Gasteiger partial charge >= 0.3 is 0 Å². The Morgan fingerprint density at radius 3 is 2.36 bits per heavy atom. The van der Waals surface area contributed by atoms with Gasteiger partial charge in [-0.1, -0.05) is 30.7 Å². The molecular formula is C26H30N4O3. The fraction of sp³-hybridized carbons (Fsp3) is 0.423. The summed E-state index contributed by atoms with van der Waals surface area (Å²) in [7, 11) is 2.12.